The molecular formula is C15H11ClN2O2. The van der Waals surface area contributed by atoms with Crippen molar-refractivity contribution in [2.24, 2.45) is 0 Å². The van der Waals surface area contributed by atoms with Crippen LogP contribution >= 0.6 is 11.6 Å². The summed E-state index contributed by atoms with van der Waals surface area (Å²) in [5.41, 5.74) is 0.838. The van der Waals surface area contributed by atoms with Crippen molar-refractivity contribution in [3.05, 3.63) is 65.9 Å². The molecule has 4 nitrogen and oxygen atoms in total. The predicted octanol–water partition coefficient (Wildman–Crippen LogP) is 4.02. The van der Waals surface area contributed by atoms with Crippen LogP contribution in [-0.4, -0.2) is 14.9 Å². The normalized spacial score (nSPS) is 10.4. The number of nitrogens with zero attached hydrogens (tertiary/aromatic N) is 2. The van der Waals surface area contributed by atoms with Gasteiger partial charge in [-0.1, -0.05) is 29.8 Å². The molecule has 0 saturated carbocycles. The summed E-state index contributed by atoms with van der Waals surface area (Å²) in [5.74, 6) is 1.01. The van der Waals surface area contributed by atoms with Gasteiger partial charge in [0, 0.05) is 5.02 Å². The quantitative estimate of drug-likeness (QED) is 0.791. The fourth-order valence-corrected chi connectivity index (χ4v) is 1.97. The molecule has 0 fully saturated rings. The predicted molar refractivity (Wildman–Crippen MR) is 76.8 cm³/mol. The third kappa shape index (κ3) is 2.60. The standard InChI is InChI=1S/C15H11ClN2O2/c16-11-4-3-5-12(8-11)18-10-13(9-17-18)20-15-7-2-1-6-14(15)19/h1-10,19H. The number of phenols is 1. The SMILES string of the molecule is Oc1ccccc1Oc1cnn(-c2cccc(Cl)c2)c1. The Morgan fingerprint density at radius 3 is 2.75 bits per heavy atom. The van der Waals surface area contributed by atoms with Crippen molar-refractivity contribution in [1.29, 1.82) is 0 Å². The molecule has 0 bridgehead atoms. The van der Waals surface area contributed by atoms with Crippen LogP contribution in [0, 0.1) is 0 Å². The van der Waals surface area contributed by atoms with E-state index in [1.54, 1.807) is 53.5 Å². The smallest absolute Gasteiger partial charge is 0.169 e. The van der Waals surface area contributed by atoms with Gasteiger partial charge in [0.15, 0.2) is 17.2 Å². The van der Waals surface area contributed by atoms with E-state index in [1.165, 1.54) is 0 Å². The maximum absolute atomic E-state index is 9.66. The van der Waals surface area contributed by atoms with E-state index in [-0.39, 0.29) is 5.75 Å². The molecular weight excluding hydrogens is 276 g/mol. The number of phenolic OH excluding ortho intramolecular Hbond substituents is 1. The molecule has 0 saturated heterocycles. The lowest BCUT2D eigenvalue weighted by molar-refractivity contribution is 0.411. The first-order valence-corrected chi connectivity index (χ1v) is 6.36. The summed E-state index contributed by atoms with van der Waals surface area (Å²) < 4.78 is 7.23. The van der Waals surface area contributed by atoms with Crippen LogP contribution in [0.2, 0.25) is 5.02 Å². The Labute approximate surface area is 120 Å². The maximum Gasteiger partial charge on any atom is 0.169 e. The summed E-state index contributed by atoms with van der Waals surface area (Å²) in [7, 11) is 0. The summed E-state index contributed by atoms with van der Waals surface area (Å²) in [5, 5.41) is 14.5. The van der Waals surface area contributed by atoms with E-state index in [4.69, 9.17) is 16.3 Å². The highest BCUT2D eigenvalue weighted by Gasteiger charge is 2.06. The van der Waals surface area contributed by atoms with Crippen molar-refractivity contribution in [2.45, 2.75) is 0 Å². The lowest BCUT2D eigenvalue weighted by Gasteiger charge is -2.04. The Balaban J connectivity index is 1.86. The molecule has 0 aliphatic rings. The Morgan fingerprint density at radius 1 is 1.10 bits per heavy atom. The Morgan fingerprint density at radius 2 is 1.95 bits per heavy atom. The second kappa shape index (κ2) is 5.27. The molecule has 0 aliphatic carbocycles. The monoisotopic (exact) mass is 286 g/mol. The average molecular weight is 287 g/mol. The molecule has 1 N–H and O–H groups in total. The first-order valence-electron chi connectivity index (χ1n) is 5.99. The highest BCUT2D eigenvalue weighted by molar-refractivity contribution is 6.30. The molecule has 1 aromatic heterocycles. The summed E-state index contributed by atoms with van der Waals surface area (Å²) in [4.78, 5) is 0. The van der Waals surface area contributed by atoms with E-state index in [0.29, 0.717) is 16.5 Å². The first kappa shape index (κ1) is 12.6. The molecule has 1 heterocycles. The Kier molecular flexibility index (Phi) is 3.31. The summed E-state index contributed by atoms with van der Waals surface area (Å²) in [6.45, 7) is 0. The number of aromatic hydroxyl groups is 1. The van der Waals surface area contributed by atoms with Gasteiger partial charge in [0.05, 0.1) is 18.1 Å². The largest absolute Gasteiger partial charge is 0.504 e. The number of benzene rings is 2. The summed E-state index contributed by atoms with van der Waals surface area (Å²) in [6, 6.07) is 14.1. The zero-order valence-corrected chi connectivity index (χ0v) is 11.2. The molecule has 0 spiro atoms. The molecule has 5 heteroatoms. The molecule has 0 amide bonds. The van der Waals surface area contributed by atoms with Crippen molar-refractivity contribution < 1.29 is 9.84 Å². The molecule has 20 heavy (non-hydrogen) atoms. The number of halogens is 1. The topological polar surface area (TPSA) is 47.3 Å². The molecule has 0 aliphatic heterocycles. The van der Waals surface area contributed by atoms with Crippen LogP contribution in [0.3, 0.4) is 0 Å². The van der Waals surface area contributed by atoms with Crippen LogP contribution in [0.4, 0.5) is 0 Å². The van der Waals surface area contributed by atoms with Crippen molar-refractivity contribution in [3.63, 3.8) is 0 Å². The number of rotatable bonds is 3. The first-order chi connectivity index (χ1) is 9.72. The van der Waals surface area contributed by atoms with Gasteiger partial charge in [0.25, 0.3) is 0 Å². The maximum atomic E-state index is 9.66. The lowest BCUT2D eigenvalue weighted by Crippen LogP contribution is -1.93. The van der Waals surface area contributed by atoms with Crippen LogP contribution in [0.1, 0.15) is 0 Å². The van der Waals surface area contributed by atoms with E-state index >= 15 is 0 Å². The lowest BCUT2D eigenvalue weighted by atomic mass is 10.3. The highest BCUT2D eigenvalue weighted by atomic mass is 35.5. The molecule has 0 radical (unpaired) electrons. The number of ether oxygens (including phenoxy) is 1. The van der Waals surface area contributed by atoms with Crippen molar-refractivity contribution in [1.82, 2.24) is 9.78 Å². The summed E-state index contributed by atoms with van der Waals surface area (Å²) >= 11 is 5.95. The molecule has 3 rings (SSSR count). The van der Waals surface area contributed by atoms with Crippen molar-refractivity contribution in [2.75, 3.05) is 0 Å². The van der Waals surface area contributed by atoms with Crippen LogP contribution in [-0.2, 0) is 0 Å². The van der Waals surface area contributed by atoms with Gasteiger partial charge in [-0.25, -0.2) is 4.68 Å². The van der Waals surface area contributed by atoms with Crippen LogP contribution in [0.5, 0.6) is 17.2 Å². The number of aromatic nitrogens is 2. The molecule has 0 unspecified atom stereocenters. The average Bonchev–Trinajstić information content (AvgIpc) is 2.90. The van der Waals surface area contributed by atoms with Gasteiger partial charge in [-0.15, -0.1) is 0 Å². The fraction of sp³-hybridized carbons (Fsp3) is 0. The zero-order valence-electron chi connectivity index (χ0n) is 10.4. The van der Waals surface area contributed by atoms with E-state index in [9.17, 15) is 5.11 Å². The number of hydrogen-bond acceptors (Lipinski definition) is 3. The Hall–Kier alpha value is -2.46. The number of hydrogen-bond donors (Lipinski definition) is 1. The van der Waals surface area contributed by atoms with Crippen LogP contribution < -0.4 is 4.74 Å². The van der Waals surface area contributed by atoms with E-state index < -0.39 is 0 Å². The van der Waals surface area contributed by atoms with Gasteiger partial charge in [-0.2, -0.15) is 5.10 Å². The third-order valence-corrected chi connectivity index (χ3v) is 2.96. The van der Waals surface area contributed by atoms with Crippen molar-refractivity contribution in [3.8, 4) is 22.9 Å². The van der Waals surface area contributed by atoms with E-state index in [0.717, 1.165) is 5.69 Å². The molecule has 0 atom stereocenters. The van der Waals surface area contributed by atoms with Gasteiger partial charge >= 0.3 is 0 Å². The molecule has 100 valence electrons. The van der Waals surface area contributed by atoms with Gasteiger partial charge in [0.1, 0.15) is 0 Å². The van der Waals surface area contributed by atoms with Gasteiger partial charge in [0.2, 0.25) is 0 Å². The van der Waals surface area contributed by atoms with E-state index in [1.807, 2.05) is 12.1 Å². The Bertz CT molecular complexity index is 740. The third-order valence-electron chi connectivity index (χ3n) is 2.72. The minimum Gasteiger partial charge on any atom is -0.504 e. The minimum atomic E-state index is 0.0861. The minimum absolute atomic E-state index is 0.0861. The van der Waals surface area contributed by atoms with Gasteiger partial charge < -0.3 is 9.84 Å². The van der Waals surface area contributed by atoms with Crippen LogP contribution in [0.25, 0.3) is 5.69 Å². The van der Waals surface area contributed by atoms with Gasteiger partial charge in [-0.3, -0.25) is 0 Å². The zero-order chi connectivity index (χ0) is 13.9. The second-order valence-electron chi connectivity index (χ2n) is 4.17. The summed E-state index contributed by atoms with van der Waals surface area (Å²) in [6.07, 6.45) is 3.30. The number of para-hydroxylation sites is 2. The fourth-order valence-electron chi connectivity index (χ4n) is 1.79. The van der Waals surface area contributed by atoms with Crippen LogP contribution in [0.15, 0.2) is 60.9 Å². The van der Waals surface area contributed by atoms with Crippen molar-refractivity contribution >= 4 is 11.6 Å². The second-order valence-corrected chi connectivity index (χ2v) is 4.61. The molecule has 2 aromatic carbocycles. The van der Waals surface area contributed by atoms with E-state index in [2.05, 4.69) is 5.10 Å². The highest BCUT2D eigenvalue weighted by Crippen LogP contribution is 2.30. The molecule has 3 aromatic rings. The van der Waals surface area contributed by atoms with Gasteiger partial charge in [-0.05, 0) is 30.3 Å².